The molecular weight excluding hydrogens is 266 g/mol. The Balaban J connectivity index is 1.96. The zero-order chi connectivity index (χ0) is 14.8. The van der Waals surface area contributed by atoms with Crippen molar-refractivity contribution in [3.8, 4) is 5.95 Å². The van der Waals surface area contributed by atoms with E-state index < -0.39 is 0 Å². The molecule has 2 unspecified atom stereocenters. The van der Waals surface area contributed by atoms with Gasteiger partial charge in [0.15, 0.2) is 0 Å². The fraction of sp³-hybridized carbons (Fsp3) is 0.571. The Morgan fingerprint density at radius 3 is 2.67 bits per heavy atom. The van der Waals surface area contributed by atoms with Gasteiger partial charge in [0, 0.05) is 32.0 Å². The van der Waals surface area contributed by atoms with Gasteiger partial charge in [0.2, 0.25) is 17.8 Å². The van der Waals surface area contributed by atoms with Crippen molar-refractivity contribution in [1.82, 2.24) is 24.5 Å². The van der Waals surface area contributed by atoms with Crippen LogP contribution in [0.15, 0.2) is 18.7 Å². The Bertz CT molecular complexity index is 595. The van der Waals surface area contributed by atoms with Crippen LogP contribution in [0.3, 0.4) is 0 Å². The third-order valence-electron chi connectivity index (χ3n) is 3.97. The molecule has 2 atom stereocenters. The minimum Gasteiger partial charge on any atom is -0.357 e. The second-order valence-corrected chi connectivity index (χ2v) is 5.65. The molecule has 0 spiro atoms. The first-order valence-electron chi connectivity index (χ1n) is 7.36. The second-order valence-electron chi connectivity index (χ2n) is 5.65. The molecule has 0 aliphatic carbocycles. The second kappa shape index (κ2) is 5.67. The number of rotatable bonds is 3. The third kappa shape index (κ3) is 2.81. The molecule has 2 aromatic rings. The van der Waals surface area contributed by atoms with Crippen LogP contribution in [0, 0.1) is 5.92 Å². The molecule has 3 heterocycles. The molecular formula is C14H21N7. The molecule has 1 aliphatic rings. The molecule has 7 nitrogen and oxygen atoms in total. The topological polar surface area (TPSA) is 71.8 Å². The summed E-state index contributed by atoms with van der Waals surface area (Å²) in [4.78, 5) is 19.8. The Hall–Kier alpha value is -2.18. The summed E-state index contributed by atoms with van der Waals surface area (Å²) in [6, 6.07) is 0.441. The molecule has 1 fully saturated rings. The molecule has 2 aromatic heterocycles. The summed E-state index contributed by atoms with van der Waals surface area (Å²) in [5.74, 6) is 2.66. The monoisotopic (exact) mass is 287 g/mol. The first kappa shape index (κ1) is 13.8. The molecule has 0 aromatic carbocycles. The highest BCUT2D eigenvalue weighted by Gasteiger charge is 2.25. The number of piperidine rings is 1. The molecule has 21 heavy (non-hydrogen) atoms. The van der Waals surface area contributed by atoms with Crippen LogP contribution in [0.1, 0.15) is 26.7 Å². The van der Waals surface area contributed by atoms with E-state index in [9.17, 15) is 0 Å². The van der Waals surface area contributed by atoms with Crippen molar-refractivity contribution >= 4 is 11.9 Å². The van der Waals surface area contributed by atoms with Crippen LogP contribution < -0.4 is 10.2 Å². The van der Waals surface area contributed by atoms with Crippen LogP contribution in [0.5, 0.6) is 0 Å². The van der Waals surface area contributed by atoms with E-state index in [0.717, 1.165) is 18.4 Å². The van der Waals surface area contributed by atoms with Gasteiger partial charge >= 0.3 is 0 Å². The molecule has 0 saturated carbocycles. The van der Waals surface area contributed by atoms with Crippen molar-refractivity contribution in [1.29, 1.82) is 0 Å². The van der Waals surface area contributed by atoms with E-state index in [2.05, 4.69) is 44.0 Å². The van der Waals surface area contributed by atoms with Gasteiger partial charge in [-0.25, -0.2) is 4.98 Å². The van der Waals surface area contributed by atoms with E-state index >= 15 is 0 Å². The average Bonchev–Trinajstić information content (AvgIpc) is 3.01. The van der Waals surface area contributed by atoms with Gasteiger partial charge in [-0.2, -0.15) is 15.0 Å². The largest absolute Gasteiger partial charge is 0.357 e. The summed E-state index contributed by atoms with van der Waals surface area (Å²) in [5, 5.41) is 3.01. The van der Waals surface area contributed by atoms with E-state index in [-0.39, 0.29) is 0 Å². The Labute approximate surface area is 124 Å². The summed E-state index contributed by atoms with van der Waals surface area (Å²) in [5.41, 5.74) is 0. The fourth-order valence-electron chi connectivity index (χ4n) is 2.79. The normalized spacial score (nSPS) is 22.3. The summed E-state index contributed by atoms with van der Waals surface area (Å²) >= 11 is 0. The first-order chi connectivity index (χ1) is 10.2. The van der Waals surface area contributed by atoms with Crippen LogP contribution in [0.4, 0.5) is 11.9 Å². The van der Waals surface area contributed by atoms with Gasteiger partial charge < -0.3 is 10.2 Å². The van der Waals surface area contributed by atoms with Crippen LogP contribution in [0.2, 0.25) is 0 Å². The Morgan fingerprint density at radius 2 is 2.00 bits per heavy atom. The fourth-order valence-corrected chi connectivity index (χ4v) is 2.79. The zero-order valence-corrected chi connectivity index (χ0v) is 12.7. The van der Waals surface area contributed by atoms with Crippen molar-refractivity contribution in [2.45, 2.75) is 32.7 Å². The number of hydrogen-bond acceptors (Lipinski definition) is 6. The number of anilines is 2. The van der Waals surface area contributed by atoms with Gasteiger partial charge in [-0.1, -0.05) is 6.92 Å². The van der Waals surface area contributed by atoms with E-state index in [1.807, 2.05) is 13.2 Å². The van der Waals surface area contributed by atoms with E-state index in [0.29, 0.717) is 17.9 Å². The van der Waals surface area contributed by atoms with Crippen LogP contribution in [-0.2, 0) is 0 Å². The molecule has 112 valence electrons. The van der Waals surface area contributed by atoms with Crippen LogP contribution in [0.25, 0.3) is 5.95 Å². The van der Waals surface area contributed by atoms with Gasteiger partial charge in [-0.15, -0.1) is 0 Å². The lowest BCUT2D eigenvalue weighted by Crippen LogP contribution is -2.41. The van der Waals surface area contributed by atoms with Gasteiger partial charge in [-0.3, -0.25) is 4.57 Å². The maximum atomic E-state index is 4.61. The SMILES string of the molecule is CNc1nc(N2CCC(C)CC2C)nc(-n2ccnc2)n1. The van der Waals surface area contributed by atoms with Gasteiger partial charge in [0.05, 0.1) is 0 Å². The number of nitrogens with one attached hydrogen (secondary N) is 1. The highest BCUT2D eigenvalue weighted by Crippen LogP contribution is 2.26. The van der Waals surface area contributed by atoms with Crippen molar-refractivity contribution in [2.24, 2.45) is 5.92 Å². The quantitative estimate of drug-likeness (QED) is 0.927. The Kier molecular flexibility index (Phi) is 3.72. The highest BCUT2D eigenvalue weighted by molar-refractivity contribution is 5.41. The lowest BCUT2D eigenvalue weighted by Gasteiger charge is -2.36. The summed E-state index contributed by atoms with van der Waals surface area (Å²) < 4.78 is 1.79. The summed E-state index contributed by atoms with van der Waals surface area (Å²) in [6.07, 6.45) is 7.58. The van der Waals surface area contributed by atoms with Crippen LogP contribution in [-0.4, -0.2) is 44.1 Å². The minimum atomic E-state index is 0.441. The molecule has 0 amide bonds. The molecule has 0 bridgehead atoms. The lowest BCUT2D eigenvalue weighted by molar-refractivity contribution is 0.373. The number of aromatic nitrogens is 5. The van der Waals surface area contributed by atoms with Crippen LogP contribution >= 0.6 is 0 Å². The lowest BCUT2D eigenvalue weighted by atomic mass is 9.94. The van der Waals surface area contributed by atoms with Gasteiger partial charge in [0.1, 0.15) is 6.33 Å². The standard InChI is InChI=1S/C14H21N7/c1-10-4-6-21(11(2)8-10)14-18-12(15-3)17-13(19-14)20-7-5-16-9-20/h5,7,9-11H,4,6,8H2,1-3H3,(H,15,17,18,19). The van der Waals surface area contributed by atoms with Crippen molar-refractivity contribution < 1.29 is 0 Å². The highest BCUT2D eigenvalue weighted by atomic mass is 15.3. The minimum absolute atomic E-state index is 0.441. The molecule has 1 N–H and O–H groups in total. The first-order valence-corrected chi connectivity index (χ1v) is 7.36. The number of imidazole rings is 1. The van der Waals surface area contributed by atoms with E-state index in [1.165, 1.54) is 12.8 Å². The molecule has 0 radical (unpaired) electrons. The number of nitrogens with zero attached hydrogens (tertiary/aromatic N) is 6. The maximum absolute atomic E-state index is 4.61. The van der Waals surface area contributed by atoms with Gasteiger partial charge in [-0.05, 0) is 25.7 Å². The molecule has 7 heteroatoms. The molecule has 1 saturated heterocycles. The van der Waals surface area contributed by atoms with Crippen molar-refractivity contribution in [3.63, 3.8) is 0 Å². The van der Waals surface area contributed by atoms with E-state index in [4.69, 9.17) is 0 Å². The molecule has 1 aliphatic heterocycles. The summed E-state index contributed by atoms with van der Waals surface area (Å²) in [6.45, 7) is 5.52. The summed E-state index contributed by atoms with van der Waals surface area (Å²) in [7, 11) is 1.82. The smallest absolute Gasteiger partial charge is 0.241 e. The zero-order valence-electron chi connectivity index (χ0n) is 12.7. The predicted octanol–water partition coefficient (Wildman–Crippen LogP) is 1.72. The molecule has 3 rings (SSSR count). The van der Waals surface area contributed by atoms with Gasteiger partial charge in [0.25, 0.3) is 0 Å². The van der Waals surface area contributed by atoms with Crippen molar-refractivity contribution in [2.75, 3.05) is 23.8 Å². The van der Waals surface area contributed by atoms with E-state index in [1.54, 1.807) is 17.1 Å². The van der Waals surface area contributed by atoms with Crippen molar-refractivity contribution in [3.05, 3.63) is 18.7 Å². The predicted molar refractivity (Wildman–Crippen MR) is 81.7 cm³/mol. The maximum Gasteiger partial charge on any atom is 0.241 e. The Morgan fingerprint density at radius 1 is 1.19 bits per heavy atom. The number of hydrogen-bond donors (Lipinski definition) is 1. The third-order valence-corrected chi connectivity index (χ3v) is 3.97. The average molecular weight is 287 g/mol.